The first-order valence-electron chi connectivity index (χ1n) is 6.69. The summed E-state index contributed by atoms with van der Waals surface area (Å²) in [6.07, 6.45) is 2.94. The smallest absolute Gasteiger partial charge is 0.267 e. The maximum Gasteiger partial charge on any atom is 0.267 e. The maximum atomic E-state index is 12.6. The maximum absolute atomic E-state index is 12.6. The lowest BCUT2D eigenvalue weighted by Gasteiger charge is -2.13. The SMILES string of the molecule is CCC(N)Cc1cccn1S(=O)(=O)c1ccc(C)cc1. The van der Waals surface area contributed by atoms with Gasteiger partial charge in [-0.15, -0.1) is 0 Å². The monoisotopic (exact) mass is 292 g/mol. The van der Waals surface area contributed by atoms with E-state index in [0.717, 1.165) is 17.7 Å². The van der Waals surface area contributed by atoms with Crippen LogP contribution < -0.4 is 5.73 Å². The minimum Gasteiger partial charge on any atom is -0.327 e. The van der Waals surface area contributed by atoms with Crippen molar-refractivity contribution < 1.29 is 8.42 Å². The van der Waals surface area contributed by atoms with E-state index in [1.165, 1.54) is 3.97 Å². The van der Waals surface area contributed by atoms with Gasteiger partial charge >= 0.3 is 0 Å². The molecule has 0 bridgehead atoms. The quantitative estimate of drug-likeness (QED) is 0.919. The van der Waals surface area contributed by atoms with E-state index in [0.29, 0.717) is 11.3 Å². The number of nitrogens with two attached hydrogens (primary N) is 1. The van der Waals surface area contributed by atoms with Crippen LogP contribution in [-0.4, -0.2) is 18.4 Å². The Morgan fingerprint density at radius 2 is 1.85 bits per heavy atom. The number of aromatic nitrogens is 1. The fourth-order valence-electron chi connectivity index (χ4n) is 2.03. The van der Waals surface area contributed by atoms with Crippen molar-refractivity contribution in [3.05, 3.63) is 53.9 Å². The first-order chi connectivity index (χ1) is 9.45. The van der Waals surface area contributed by atoms with Gasteiger partial charge < -0.3 is 5.73 Å². The normalized spacial score (nSPS) is 13.3. The molecular weight excluding hydrogens is 272 g/mol. The second-order valence-electron chi connectivity index (χ2n) is 4.99. The molecule has 0 amide bonds. The lowest BCUT2D eigenvalue weighted by molar-refractivity contribution is 0.579. The molecule has 108 valence electrons. The Bertz CT molecular complexity index is 672. The summed E-state index contributed by atoms with van der Waals surface area (Å²) in [5.41, 5.74) is 7.68. The number of hydrogen-bond donors (Lipinski definition) is 1. The highest BCUT2D eigenvalue weighted by Crippen LogP contribution is 2.18. The summed E-state index contributed by atoms with van der Waals surface area (Å²) >= 11 is 0. The Morgan fingerprint density at radius 1 is 1.20 bits per heavy atom. The molecule has 4 nitrogen and oxygen atoms in total. The summed E-state index contributed by atoms with van der Waals surface area (Å²) in [5.74, 6) is 0. The summed E-state index contributed by atoms with van der Waals surface area (Å²) in [6, 6.07) is 10.4. The van der Waals surface area contributed by atoms with Crippen molar-refractivity contribution in [3.8, 4) is 0 Å². The largest absolute Gasteiger partial charge is 0.327 e. The molecule has 5 heteroatoms. The number of nitrogens with zero attached hydrogens (tertiary/aromatic N) is 1. The minimum atomic E-state index is -3.54. The predicted molar refractivity (Wildman–Crippen MR) is 80.2 cm³/mol. The molecule has 2 rings (SSSR count). The van der Waals surface area contributed by atoms with Crippen LogP contribution in [0, 0.1) is 6.92 Å². The molecule has 1 atom stereocenters. The predicted octanol–water partition coefficient (Wildman–Crippen LogP) is 2.31. The Balaban J connectivity index is 2.40. The summed E-state index contributed by atoms with van der Waals surface area (Å²) < 4.78 is 26.6. The zero-order valence-electron chi connectivity index (χ0n) is 11.8. The van der Waals surface area contributed by atoms with E-state index in [-0.39, 0.29) is 6.04 Å². The third-order valence-electron chi connectivity index (χ3n) is 3.37. The Morgan fingerprint density at radius 3 is 2.45 bits per heavy atom. The van der Waals surface area contributed by atoms with Gasteiger partial charge in [0.1, 0.15) is 0 Å². The summed E-state index contributed by atoms with van der Waals surface area (Å²) in [6.45, 7) is 3.92. The van der Waals surface area contributed by atoms with Gasteiger partial charge in [-0.1, -0.05) is 24.6 Å². The molecule has 1 heterocycles. The van der Waals surface area contributed by atoms with E-state index in [1.54, 1.807) is 42.6 Å². The van der Waals surface area contributed by atoms with E-state index < -0.39 is 10.0 Å². The molecule has 20 heavy (non-hydrogen) atoms. The van der Waals surface area contributed by atoms with E-state index in [9.17, 15) is 8.42 Å². The zero-order valence-corrected chi connectivity index (χ0v) is 12.6. The van der Waals surface area contributed by atoms with Gasteiger partial charge in [0.05, 0.1) is 4.90 Å². The third-order valence-corrected chi connectivity index (χ3v) is 5.11. The van der Waals surface area contributed by atoms with Crippen molar-refractivity contribution in [2.24, 2.45) is 5.73 Å². The standard InChI is InChI=1S/C15H20N2O2S/c1-3-13(16)11-14-5-4-10-17(14)20(18,19)15-8-6-12(2)7-9-15/h4-10,13H,3,11,16H2,1-2H3. The van der Waals surface area contributed by atoms with E-state index in [2.05, 4.69) is 0 Å². The molecule has 1 aromatic heterocycles. The summed E-state index contributed by atoms with van der Waals surface area (Å²) in [4.78, 5) is 0.297. The Labute approximate surface area is 120 Å². The van der Waals surface area contributed by atoms with Gasteiger partial charge in [-0.2, -0.15) is 0 Å². The van der Waals surface area contributed by atoms with Crippen LogP contribution in [0.5, 0.6) is 0 Å². The first-order valence-corrected chi connectivity index (χ1v) is 8.13. The molecular formula is C15H20N2O2S. The molecule has 0 spiro atoms. The third kappa shape index (κ3) is 2.94. The lowest BCUT2D eigenvalue weighted by atomic mass is 10.1. The van der Waals surface area contributed by atoms with Crippen LogP contribution in [0.1, 0.15) is 24.6 Å². The zero-order chi connectivity index (χ0) is 14.8. The van der Waals surface area contributed by atoms with Gasteiger partial charge in [0.15, 0.2) is 0 Å². The Kier molecular flexibility index (Phi) is 4.30. The average molecular weight is 292 g/mol. The highest BCUT2D eigenvalue weighted by Gasteiger charge is 2.19. The van der Waals surface area contributed by atoms with Crippen molar-refractivity contribution in [1.29, 1.82) is 0 Å². The van der Waals surface area contributed by atoms with Crippen LogP contribution in [0.25, 0.3) is 0 Å². The Hall–Kier alpha value is -1.59. The van der Waals surface area contributed by atoms with Crippen LogP contribution in [0.2, 0.25) is 0 Å². The molecule has 2 N–H and O–H groups in total. The minimum absolute atomic E-state index is 0.0307. The number of hydrogen-bond acceptors (Lipinski definition) is 3. The van der Waals surface area contributed by atoms with Gasteiger partial charge in [-0.25, -0.2) is 12.4 Å². The molecule has 0 aliphatic carbocycles. The average Bonchev–Trinajstić information content (AvgIpc) is 2.88. The summed E-state index contributed by atoms with van der Waals surface area (Å²) in [5, 5.41) is 0. The van der Waals surface area contributed by atoms with Crippen LogP contribution in [0.15, 0.2) is 47.5 Å². The molecule has 2 aromatic rings. The number of rotatable bonds is 5. The van der Waals surface area contributed by atoms with Gasteiger partial charge in [-0.3, -0.25) is 0 Å². The molecule has 0 aliphatic rings. The van der Waals surface area contributed by atoms with Crippen LogP contribution in [-0.2, 0) is 16.4 Å². The van der Waals surface area contributed by atoms with E-state index >= 15 is 0 Å². The first kappa shape index (κ1) is 14.8. The van der Waals surface area contributed by atoms with E-state index in [4.69, 9.17) is 5.73 Å². The van der Waals surface area contributed by atoms with E-state index in [1.807, 2.05) is 13.8 Å². The van der Waals surface area contributed by atoms with Gasteiger partial charge in [0.2, 0.25) is 0 Å². The highest BCUT2D eigenvalue weighted by atomic mass is 32.2. The van der Waals surface area contributed by atoms with Crippen LogP contribution in [0.4, 0.5) is 0 Å². The van der Waals surface area contributed by atoms with Crippen LogP contribution in [0.3, 0.4) is 0 Å². The number of aryl methyl sites for hydroxylation is 1. The van der Waals surface area contributed by atoms with Gasteiger partial charge in [0.25, 0.3) is 10.0 Å². The second kappa shape index (κ2) is 5.81. The molecule has 0 radical (unpaired) electrons. The van der Waals surface area contributed by atoms with Crippen LogP contribution >= 0.6 is 0 Å². The highest BCUT2D eigenvalue weighted by molar-refractivity contribution is 7.90. The van der Waals surface area contributed by atoms with Gasteiger partial charge in [0, 0.05) is 24.4 Å². The molecule has 0 saturated carbocycles. The molecule has 1 aromatic carbocycles. The molecule has 0 aliphatic heterocycles. The van der Waals surface area contributed by atoms with Crippen molar-refractivity contribution in [1.82, 2.24) is 3.97 Å². The lowest BCUT2D eigenvalue weighted by Crippen LogP contribution is -2.24. The van der Waals surface area contributed by atoms with Crippen molar-refractivity contribution in [2.45, 2.75) is 37.6 Å². The summed E-state index contributed by atoms with van der Waals surface area (Å²) in [7, 11) is -3.54. The fourth-order valence-corrected chi connectivity index (χ4v) is 3.41. The molecule has 0 fully saturated rings. The topological polar surface area (TPSA) is 65.1 Å². The second-order valence-corrected chi connectivity index (χ2v) is 6.80. The van der Waals surface area contributed by atoms with Crippen molar-refractivity contribution in [3.63, 3.8) is 0 Å². The molecule has 1 unspecified atom stereocenters. The fraction of sp³-hybridized carbons (Fsp3) is 0.333. The van der Waals surface area contributed by atoms with Crippen molar-refractivity contribution in [2.75, 3.05) is 0 Å². The van der Waals surface area contributed by atoms with Crippen molar-refractivity contribution >= 4 is 10.0 Å². The molecule has 0 saturated heterocycles. The number of benzene rings is 1. The van der Waals surface area contributed by atoms with Gasteiger partial charge in [-0.05, 0) is 37.6 Å².